The molecule has 0 aliphatic heterocycles. The number of hydrogen-bond donors (Lipinski definition) is 0. The minimum atomic E-state index is 0.186. The van der Waals surface area contributed by atoms with E-state index < -0.39 is 0 Å². The van der Waals surface area contributed by atoms with Gasteiger partial charge < -0.3 is 9.47 Å². The van der Waals surface area contributed by atoms with E-state index >= 15 is 0 Å². The van der Waals surface area contributed by atoms with E-state index in [0.29, 0.717) is 34.2 Å². The van der Waals surface area contributed by atoms with Gasteiger partial charge in [0.2, 0.25) is 0 Å². The zero-order chi connectivity index (χ0) is 26.0. The topological polar surface area (TPSA) is 18.5 Å². The lowest BCUT2D eigenvalue weighted by Crippen LogP contribution is -2.55. The SMILES string of the molecule is C=C(C(C)C)C(CC(C)C1CCC2(C)C3=C(CCC12C)C1(C)CCC(OC)C(C)(C)C1CC3)OC. The summed E-state index contributed by atoms with van der Waals surface area (Å²) in [5.41, 5.74) is 6.39. The molecule has 8 unspecified atom stereocenters. The minimum absolute atomic E-state index is 0.186. The van der Waals surface area contributed by atoms with Gasteiger partial charge >= 0.3 is 0 Å². The lowest BCUT2D eigenvalue weighted by atomic mass is 9.43. The second kappa shape index (κ2) is 9.30. The summed E-state index contributed by atoms with van der Waals surface area (Å²) in [5.74, 6) is 2.64. The number of hydrogen-bond acceptors (Lipinski definition) is 2. The molecular weight excluding hydrogens is 428 g/mol. The Kier molecular flexibility index (Phi) is 7.29. The van der Waals surface area contributed by atoms with E-state index in [1.54, 1.807) is 0 Å². The first kappa shape index (κ1) is 27.4. The van der Waals surface area contributed by atoms with Crippen molar-refractivity contribution in [2.24, 2.45) is 45.3 Å². The highest BCUT2D eigenvalue weighted by Crippen LogP contribution is 2.72. The van der Waals surface area contributed by atoms with Crippen LogP contribution in [0.1, 0.15) is 113 Å². The second-order valence-corrected chi connectivity index (χ2v) is 14.6. The van der Waals surface area contributed by atoms with Gasteiger partial charge in [-0.1, -0.05) is 73.1 Å². The highest BCUT2D eigenvalue weighted by Gasteiger charge is 2.63. The Morgan fingerprint density at radius 1 is 0.914 bits per heavy atom. The molecule has 0 N–H and O–H groups in total. The predicted octanol–water partition coefficient (Wildman–Crippen LogP) is 9.00. The van der Waals surface area contributed by atoms with Crippen LogP contribution < -0.4 is 0 Å². The molecule has 0 bridgehead atoms. The van der Waals surface area contributed by atoms with Crippen LogP contribution in [0.25, 0.3) is 0 Å². The summed E-state index contributed by atoms with van der Waals surface area (Å²) >= 11 is 0. The van der Waals surface area contributed by atoms with Gasteiger partial charge in [-0.15, -0.1) is 0 Å². The van der Waals surface area contributed by atoms with Gasteiger partial charge in [0.05, 0.1) is 12.2 Å². The van der Waals surface area contributed by atoms with Crippen molar-refractivity contribution in [1.82, 2.24) is 0 Å². The molecule has 8 atom stereocenters. The lowest BCUT2D eigenvalue weighted by molar-refractivity contribution is -0.112. The molecule has 0 aromatic rings. The van der Waals surface area contributed by atoms with Gasteiger partial charge in [-0.3, -0.25) is 0 Å². The monoisotopic (exact) mass is 484 g/mol. The molecule has 0 aromatic heterocycles. The molecule has 4 aliphatic carbocycles. The third-order valence-electron chi connectivity index (χ3n) is 12.8. The molecule has 0 amide bonds. The molecule has 0 spiro atoms. The summed E-state index contributed by atoms with van der Waals surface area (Å²) in [6, 6.07) is 0. The molecule has 200 valence electrons. The van der Waals surface area contributed by atoms with Crippen LogP contribution in [0, 0.1) is 45.3 Å². The van der Waals surface area contributed by atoms with Crippen LogP contribution in [-0.4, -0.2) is 26.4 Å². The fourth-order valence-corrected chi connectivity index (χ4v) is 10.3. The summed E-state index contributed by atoms with van der Waals surface area (Å²) in [5, 5.41) is 0. The molecule has 2 fully saturated rings. The number of allylic oxidation sites excluding steroid dienone is 2. The largest absolute Gasteiger partial charge is 0.381 e. The number of ether oxygens (including phenoxy) is 2. The normalized spacial score (nSPS) is 42.3. The van der Waals surface area contributed by atoms with Crippen LogP contribution >= 0.6 is 0 Å². The van der Waals surface area contributed by atoms with Crippen LogP contribution in [0.15, 0.2) is 23.3 Å². The van der Waals surface area contributed by atoms with Gasteiger partial charge in [-0.25, -0.2) is 0 Å². The van der Waals surface area contributed by atoms with E-state index in [0.717, 1.165) is 18.3 Å². The van der Waals surface area contributed by atoms with E-state index in [4.69, 9.17) is 9.47 Å². The predicted molar refractivity (Wildman–Crippen MR) is 148 cm³/mol. The first-order valence-electron chi connectivity index (χ1n) is 14.7. The quantitative estimate of drug-likeness (QED) is 0.336. The summed E-state index contributed by atoms with van der Waals surface area (Å²) in [6.45, 7) is 24.4. The zero-order valence-electron chi connectivity index (χ0n) is 24.9. The maximum Gasteiger partial charge on any atom is 0.0783 e. The Morgan fingerprint density at radius 3 is 2.20 bits per heavy atom. The third-order valence-corrected chi connectivity index (χ3v) is 12.8. The maximum atomic E-state index is 6.02. The summed E-state index contributed by atoms with van der Waals surface area (Å²) in [4.78, 5) is 0. The van der Waals surface area contributed by atoms with E-state index in [1.807, 2.05) is 25.4 Å². The molecule has 2 saturated carbocycles. The number of fused-ring (bicyclic) bond motifs is 4. The van der Waals surface area contributed by atoms with E-state index in [1.165, 1.54) is 56.9 Å². The fraction of sp³-hybridized carbons (Fsp3) is 0.879. The van der Waals surface area contributed by atoms with Crippen molar-refractivity contribution in [2.75, 3.05) is 14.2 Å². The molecule has 2 nitrogen and oxygen atoms in total. The highest BCUT2D eigenvalue weighted by atomic mass is 16.5. The first-order chi connectivity index (χ1) is 16.3. The van der Waals surface area contributed by atoms with Crippen molar-refractivity contribution in [1.29, 1.82) is 0 Å². The average molecular weight is 485 g/mol. The van der Waals surface area contributed by atoms with Crippen molar-refractivity contribution in [3.8, 4) is 0 Å². The second-order valence-electron chi connectivity index (χ2n) is 14.6. The minimum Gasteiger partial charge on any atom is -0.381 e. The van der Waals surface area contributed by atoms with Crippen molar-refractivity contribution in [3.05, 3.63) is 23.3 Å². The van der Waals surface area contributed by atoms with Gasteiger partial charge in [0.15, 0.2) is 0 Å². The van der Waals surface area contributed by atoms with Gasteiger partial charge in [0.25, 0.3) is 0 Å². The Hall–Kier alpha value is -0.600. The van der Waals surface area contributed by atoms with Crippen LogP contribution in [0.5, 0.6) is 0 Å². The maximum absolute atomic E-state index is 6.02. The van der Waals surface area contributed by atoms with Gasteiger partial charge in [-0.2, -0.15) is 0 Å². The molecule has 0 heterocycles. The molecule has 2 heteroatoms. The van der Waals surface area contributed by atoms with Gasteiger partial charge in [-0.05, 0) is 109 Å². The first-order valence-corrected chi connectivity index (χ1v) is 14.7. The summed E-state index contributed by atoms with van der Waals surface area (Å²) in [6.07, 6.45) is 12.3. The number of methoxy groups -OCH3 is 2. The van der Waals surface area contributed by atoms with Crippen LogP contribution in [0.2, 0.25) is 0 Å². The highest BCUT2D eigenvalue weighted by molar-refractivity contribution is 5.38. The summed E-state index contributed by atoms with van der Waals surface area (Å²) in [7, 11) is 3.81. The fourth-order valence-electron chi connectivity index (χ4n) is 10.3. The van der Waals surface area contributed by atoms with Gasteiger partial charge in [0, 0.05) is 14.2 Å². The lowest BCUT2D eigenvalue weighted by Gasteiger charge is -2.62. The summed E-state index contributed by atoms with van der Waals surface area (Å²) < 4.78 is 12.0. The molecular formula is C33H56O2. The molecule has 0 saturated heterocycles. The van der Waals surface area contributed by atoms with E-state index in [9.17, 15) is 0 Å². The smallest absolute Gasteiger partial charge is 0.0783 e. The van der Waals surface area contributed by atoms with E-state index in [-0.39, 0.29) is 11.5 Å². The Balaban J connectivity index is 1.63. The van der Waals surface area contributed by atoms with Crippen molar-refractivity contribution in [2.45, 2.75) is 125 Å². The van der Waals surface area contributed by atoms with Crippen molar-refractivity contribution < 1.29 is 9.47 Å². The van der Waals surface area contributed by atoms with Crippen LogP contribution in [0.3, 0.4) is 0 Å². The van der Waals surface area contributed by atoms with Crippen molar-refractivity contribution in [3.63, 3.8) is 0 Å². The Labute approximate surface area is 217 Å². The molecule has 0 aromatic carbocycles. The number of rotatable bonds is 7. The average Bonchev–Trinajstić information content (AvgIpc) is 3.08. The zero-order valence-corrected chi connectivity index (χ0v) is 24.9. The molecule has 4 rings (SSSR count). The Morgan fingerprint density at radius 2 is 1.60 bits per heavy atom. The van der Waals surface area contributed by atoms with Crippen LogP contribution in [-0.2, 0) is 9.47 Å². The third kappa shape index (κ3) is 3.94. The molecule has 0 radical (unpaired) electrons. The van der Waals surface area contributed by atoms with Crippen molar-refractivity contribution >= 4 is 0 Å². The van der Waals surface area contributed by atoms with Gasteiger partial charge in [0.1, 0.15) is 0 Å². The van der Waals surface area contributed by atoms with Crippen LogP contribution in [0.4, 0.5) is 0 Å². The molecule has 4 aliphatic rings. The standard InChI is InChI=1S/C33H56O2/c1-21(2)23(4)27(34-10)20-22(3)24-14-18-33(9)26-12-13-28-30(5,6)29(35-11)16-17-31(28,7)25(26)15-19-32(24,33)8/h21-22,24,27-29H,4,12-20H2,1-3,5-11H3. The van der Waals surface area contributed by atoms with E-state index in [2.05, 4.69) is 62.0 Å². The Bertz CT molecular complexity index is 851. The molecule has 35 heavy (non-hydrogen) atoms.